The minimum atomic E-state index is -0.589. The normalized spacial score (nSPS) is 11.0. The minimum Gasteiger partial charge on any atom is -0.451 e. The Morgan fingerprint density at radius 3 is 2.07 bits per heavy atom. The number of ether oxygens (including phenoxy) is 1. The number of hydrogen-bond donors (Lipinski definition) is 0. The molecule has 0 N–H and O–H groups in total. The molecular formula is C24H27N3O3. The maximum atomic E-state index is 12.9. The van der Waals surface area contributed by atoms with Crippen molar-refractivity contribution in [1.29, 1.82) is 0 Å². The van der Waals surface area contributed by atoms with Crippen LogP contribution in [-0.4, -0.2) is 45.2 Å². The number of carbonyl (C=O) groups is 2. The Kier molecular flexibility index (Phi) is 6.67. The molecule has 6 heteroatoms. The molecule has 0 fully saturated rings. The van der Waals surface area contributed by atoms with Gasteiger partial charge in [0.1, 0.15) is 0 Å². The molecule has 0 radical (unpaired) electrons. The Hall–Kier alpha value is -3.41. The van der Waals surface area contributed by atoms with Gasteiger partial charge in [0, 0.05) is 17.6 Å². The number of rotatable bonds is 7. The summed E-state index contributed by atoms with van der Waals surface area (Å²) in [5.41, 5.74) is 2.56. The molecule has 1 heterocycles. The number of amides is 1. The van der Waals surface area contributed by atoms with E-state index in [4.69, 9.17) is 4.74 Å². The van der Waals surface area contributed by atoms with Crippen LogP contribution < -0.4 is 0 Å². The standard InChI is InChI=1S/C24H27N3O3/c1-17(2)26(18(3)4)23(28)16-30-24(29)22-15-21(19-11-7-5-8-12-19)25-27(22)20-13-9-6-10-14-20/h5-15,17-18H,16H2,1-4H3. The first-order valence-electron chi connectivity index (χ1n) is 10.1. The van der Waals surface area contributed by atoms with Gasteiger partial charge in [0.2, 0.25) is 0 Å². The van der Waals surface area contributed by atoms with E-state index < -0.39 is 5.97 Å². The van der Waals surface area contributed by atoms with Crippen LogP contribution in [-0.2, 0) is 9.53 Å². The van der Waals surface area contributed by atoms with Gasteiger partial charge in [-0.15, -0.1) is 0 Å². The summed E-state index contributed by atoms with van der Waals surface area (Å²) in [6, 6.07) is 20.7. The van der Waals surface area contributed by atoms with E-state index in [2.05, 4.69) is 5.10 Å². The molecule has 0 saturated heterocycles. The van der Waals surface area contributed by atoms with E-state index in [0.717, 1.165) is 11.3 Å². The van der Waals surface area contributed by atoms with Crippen LogP contribution in [0.2, 0.25) is 0 Å². The number of carbonyl (C=O) groups excluding carboxylic acids is 2. The summed E-state index contributed by atoms with van der Waals surface area (Å²) in [5.74, 6) is -0.809. The zero-order chi connectivity index (χ0) is 21.7. The highest BCUT2D eigenvalue weighted by atomic mass is 16.5. The summed E-state index contributed by atoms with van der Waals surface area (Å²) < 4.78 is 6.94. The molecule has 1 aromatic heterocycles. The van der Waals surface area contributed by atoms with Gasteiger partial charge in [0.05, 0.1) is 11.4 Å². The van der Waals surface area contributed by atoms with Crippen molar-refractivity contribution >= 4 is 11.9 Å². The molecule has 3 rings (SSSR count). The summed E-state index contributed by atoms with van der Waals surface area (Å²) in [5, 5.41) is 4.61. The molecule has 0 atom stereocenters. The second-order valence-electron chi connectivity index (χ2n) is 7.59. The van der Waals surface area contributed by atoms with Crippen LogP contribution in [0.3, 0.4) is 0 Å². The summed E-state index contributed by atoms with van der Waals surface area (Å²) in [4.78, 5) is 27.2. The van der Waals surface area contributed by atoms with E-state index in [9.17, 15) is 9.59 Å². The van der Waals surface area contributed by atoms with Crippen molar-refractivity contribution in [2.75, 3.05) is 6.61 Å². The van der Waals surface area contributed by atoms with Gasteiger partial charge in [0.25, 0.3) is 5.91 Å². The van der Waals surface area contributed by atoms with Crippen LogP contribution in [0.25, 0.3) is 16.9 Å². The minimum absolute atomic E-state index is 0.0238. The second-order valence-corrected chi connectivity index (χ2v) is 7.59. The van der Waals surface area contributed by atoms with E-state index in [1.807, 2.05) is 88.4 Å². The Balaban J connectivity index is 1.87. The SMILES string of the molecule is CC(C)N(C(=O)COC(=O)c1cc(-c2ccccc2)nn1-c1ccccc1)C(C)C. The van der Waals surface area contributed by atoms with Gasteiger partial charge < -0.3 is 9.64 Å². The highest BCUT2D eigenvalue weighted by Gasteiger charge is 2.24. The fraction of sp³-hybridized carbons (Fsp3) is 0.292. The molecule has 6 nitrogen and oxygen atoms in total. The average molecular weight is 405 g/mol. The monoisotopic (exact) mass is 405 g/mol. The van der Waals surface area contributed by atoms with Crippen LogP contribution in [0, 0.1) is 0 Å². The smallest absolute Gasteiger partial charge is 0.357 e. The van der Waals surface area contributed by atoms with Gasteiger partial charge in [-0.25, -0.2) is 9.48 Å². The largest absolute Gasteiger partial charge is 0.451 e. The van der Waals surface area contributed by atoms with E-state index >= 15 is 0 Å². The number of hydrogen-bond acceptors (Lipinski definition) is 4. The zero-order valence-corrected chi connectivity index (χ0v) is 17.8. The lowest BCUT2D eigenvalue weighted by molar-refractivity contribution is -0.138. The van der Waals surface area contributed by atoms with Gasteiger partial charge in [0.15, 0.2) is 12.3 Å². The third kappa shape index (κ3) is 4.76. The van der Waals surface area contributed by atoms with Gasteiger partial charge >= 0.3 is 5.97 Å². The Bertz CT molecular complexity index is 987. The number of benzene rings is 2. The summed E-state index contributed by atoms with van der Waals surface area (Å²) in [7, 11) is 0. The van der Waals surface area contributed by atoms with Gasteiger partial charge in [-0.05, 0) is 45.9 Å². The predicted molar refractivity (Wildman–Crippen MR) is 116 cm³/mol. The van der Waals surface area contributed by atoms with Gasteiger partial charge in [-0.2, -0.15) is 5.10 Å². The highest BCUT2D eigenvalue weighted by Crippen LogP contribution is 2.22. The van der Waals surface area contributed by atoms with Crippen LogP contribution >= 0.6 is 0 Å². The third-order valence-corrected chi connectivity index (χ3v) is 4.72. The molecule has 0 unspecified atom stereocenters. The lowest BCUT2D eigenvalue weighted by Gasteiger charge is -2.30. The van der Waals surface area contributed by atoms with Crippen molar-refractivity contribution in [3.05, 3.63) is 72.4 Å². The van der Waals surface area contributed by atoms with Gasteiger partial charge in [-0.3, -0.25) is 4.79 Å². The van der Waals surface area contributed by atoms with Crippen molar-refractivity contribution in [3.8, 4) is 16.9 Å². The topological polar surface area (TPSA) is 64.4 Å². The molecule has 0 saturated carbocycles. The second kappa shape index (κ2) is 9.39. The van der Waals surface area contributed by atoms with E-state index in [0.29, 0.717) is 5.69 Å². The Labute approximate surface area is 177 Å². The quantitative estimate of drug-likeness (QED) is 0.549. The van der Waals surface area contributed by atoms with E-state index in [1.165, 1.54) is 0 Å². The molecule has 1 amide bonds. The van der Waals surface area contributed by atoms with Crippen LogP contribution in [0.5, 0.6) is 0 Å². The molecule has 0 aliphatic carbocycles. The molecule has 0 aliphatic heterocycles. The van der Waals surface area contributed by atoms with Crippen molar-refractivity contribution in [2.45, 2.75) is 39.8 Å². The Morgan fingerprint density at radius 1 is 0.933 bits per heavy atom. The maximum absolute atomic E-state index is 12.9. The molecule has 156 valence electrons. The molecule has 3 aromatic rings. The van der Waals surface area contributed by atoms with E-state index in [-0.39, 0.29) is 30.3 Å². The maximum Gasteiger partial charge on any atom is 0.357 e. The van der Waals surface area contributed by atoms with Crippen molar-refractivity contribution in [3.63, 3.8) is 0 Å². The van der Waals surface area contributed by atoms with Crippen LogP contribution in [0.1, 0.15) is 38.2 Å². The first-order valence-corrected chi connectivity index (χ1v) is 10.1. The van der Waals surface area contributed by atoms with Crippen molar-refractivity contribution in [2.24, 2.45) is 0 Å². The van der Waals surface area contributed by atoms with Crippen molar-refractivity contribution < 1.29 is 14.3 Å². The van der Waals surface area contributed by atoms with Crippen LogP contribution in [0.15, 0.2) is 66.7 Å². The summed E-state index contributed by atoms with van der Waals surface area (Å²) >= 11 is 0. The number of nitrogens with zero attached hydrogens (tertiary/aromatic N) is 3. The number of para-hydroxylation sites is 1. The molecule has 0 bridgehead atoms. The van der Waals surface area contributed by atoms with Gasteiger partial charge in [-0.1, -0.05) is 48.5 Å². The average Bonchev–Trinajstić information content (AvgIpc) is 3.18. The molecule has 2 aromatic carbocycles. The molecular weight excluding hydrogens is 378 g/mol. The predicted octanol–water partition coefficient (Wildman–Crippen LogP) is 4.34. The number of esters is 1. The number of aromatic nitrogens is 2. The van der Waals surface area contributed by atoms with Crippen molar-refractivity contribution in [1.82, 2.24) is 14.7 Å². The fourth-order valence-electron chi connectivity index (χ4n) is 3.49. The highest BCUT2D eigenvalue weighted by molar-refractivity contribution is 5.91. The van der Waals surface area contributed by atoms with Crippen LogP contribution in [0.4, 0.5) is 0 Å². The van der Waals surface area contributed by atoms with E-state index in [1.54, 1.807) is 15.6 Å². The summed E-state index contributed by atoms with van der Waals surface area (Å²) in [6.07, 6.45) is 0. The lowest BCUT2D eigenvalue weighted by Crippen LogP contribution is -2.44. The molecule has 30 heavy (non-hydrogen) atoms. The fourth-order valence-corrected chi connectivity index (χ4v) is 3.49. The lowest BCUT2D eigenvalue weighted by atomic mass is 10.1. The third-order valence-electron chi connectivity index (χ3n) is 4.72. The first-order chi connectivity index (χ1) is 14.4. The Morgan fingerprint density at radius 2 is 1.50 bits per heavy atom. The first kappa shape index (κ1) is 21.3. The zero-order valence-electron chi connectivity index (χ0n) is 17.8. The molecule has 0 aliphatic rings. The summed E-state index contributed by atoms with van der Waals surface area (Å²) in [6.45, 7) is 7.45. The molecule has 0 spiro atoms.